The average molecular weight is 379 g/mol. The van der Waals surface area contributed by atoms with E-state index in [0.29, 0.717) is 25.7 Å². The summed E-state index contributed by atoms with van der Waals surface area (Å²) >= 11 is 0. The lowest BCUT2D eigenvalue weighted by molar-refractivity contribution is -0.116. The van der Waals surface area contributed by atoms with Gasteiger partial charge >= 0.3 is 6.03 Å². The van der Waals surface area contributed by atoms with Crippen LogP contribution in [0.4, 0.5) is 10.5 Å². The molecule has 3 unspecified atom stereocenters. The van der Waals surface area contributed by atoms with E-state index in [4.69, 9.17) is 0 Å². The van der Waals surface area contributed by atoms with Gasteiger partial charge in [-0.3, -0.25) is 4.79 Å². The molecule has 0 spiro atoms. The van der Waals surface area contributed by atoms with Gasteiger partial charge in [-0.25, -0.2) is 13.2 Å². The number of hydrogen-bond donors (Lipinski definition) is 3. The molecule has 1 aromatic carbocycles. The maximum Gasteiger partial charge on any atom is 0.315 e. The number of aryl methyl sites for hydroxylation is 2. The minimum absolute atomic E-state index is 0.00562. The van der Waals surface area contributed by atoms with Crippen molar-refractivity contribution >= 4 is 27.5 Å². The summed E-state index contributed by atoms with van der Waals surface area (Å²) in [5, 5.41) is 7.67. The molecule has 2 aliphatic rings. The van der Waals surface area contributed by atoms with Crippen molar-refractivity contribution in [3.8, 4) is 0 Å². The zero-order valence-electron chi connectivity index (χ0n) is 15.0. The maximum atomic E-state index is 12.2. The van der Waals surface area contributed by atoms with Crippen molar-refractivity contribution in [3.05, 3.63) is 29.3 Å². The molecule has 3 amide bonds. The van der Waals surface area contributed by atoms with E-state index in [1.165, 1.54) is 5.56 Å². The molecule has 2 heterocycles. The molecule has 26 heavy (non-hydrogen) atoms. The van der Waals surface area contributed by atoms with Gasteiger partial charge in [0, 0.05) is 12.1 Å². The van der Waals surface area contributed by atoms with E-state index in [1.807, 2.05) is 32.0 Å². The van der Waals surface area contributed by atoms with Crippen LogP contribution >= 0.6 is 0 Å². The van der Waals surface area contributed by atoms with Crippen LogP contribution in [0.2, 0.25) is 0 Å². The fraction of sp³-hybridized carbons (Fsp3) is 0.556. The summed E-state index contributed by atoms with van der Waals surface area (Å²) in [6.07, 6.45) is 2.05. The number of urea groups is 1. The zero-order chi connectivity index (χ0) is 18.9. The molecule has 1 aromatic rings. The molecule has 142 valence electrons. The van der Waals surface area contributed by atoms with Gasteiger partial charge in [-0.1, -0.05) is 12.5 Å². The van der Waals surface area contributed by atoms with Crippen LogP contribution in [0.5, 0.6) is 0 Å². The third kappa shape index (κ3) is 4.00. The van der Waals surface area contributed by atoms with Crippen LogP contribution in [0, 0.1) is 13.8 Å². The molecule has 2 fully saturated rings. The number of rotatable bonds is 6. The van der Waals surface area contributed by atoms with Crippen LogP contribution in [0.3, 0.4) is 0 Å². The summed E-state index contributed by atoms with van der Waals surface area (Å²) in [4.78, 5) is 23.4. The molecule has 0 aliphatic carbocycles. The highest BCUT2D eigenvalue weighted by atomic mass is 32.2. The lowest BCUT2D eigenvalue weighted by Gasteiger charge is -2.16. The maximum absolute atomic E-state index is 12.2. The summed E-state index contributed by atoms with van der Waals surface area (Å²) in [7, 11) is -3.21. The second-order valence-electron chi connectivity index (χ2n) is 7.21. The van der Waals surface area contributed by atoms with Crippen LogP contribution in [0.25, 0.3) is 0 Å². The lowest BCUT2D eigenvalue weighted by Crippen LogP contribution is -2.39. The topological polar surface area (TPSA) is 104 Å². The van der Waals surface area contributed by atoms with Gasteiger partial charge in [-0.15, -0.1) is 0 Å². The van der Waals surface area contributed by atoms with Gasteiger partial charge in [0.1, 0.15) is 0 Å². The second-order valence-corrected chi connectivity index (χ2v) is 9.48. The Bertz CT molecular complexity index is 822. The molecule has 3 atom stereocenters. The molecule has 3 N–H and O–H groups in total. The number of unbranched alkanes of at least 4 members (excludes halogenated alkanes) is 1. The fourth-order valence-corrected chi connectivity index (χ4v) is 5.95. The van der Waals surface area contributed by atoms with E-state index in [1.54, 1.807) is 0 Å². The number of hydrogen-bond acceptors (Lipinski definition) is 4. The van der Waals surface area contributed by atoms with E-state index in [-0.39, 0.29) is 29.8 Å². The van der Waals surface area contributed by atoms with Gasteiger partial charge in [-0.2, -0.15) is 0 Å². The van der Waals surface area contributed by atoms with Crippen molar-refractivity contribution in [2.75, 3.05) is 11.1 Å². The van der Waals surface area contributed by atoms with Gasteiger partial charge in [0.25, 0.3) is 0 Å². The predicted molar refractivity (Wildman–Crippen MR) is 99.8 cm³/mol. The van der Waals surface area contributed by atoms with Gasteiger partial charge in [0.2, 0.25) is 5.91 Å². The number of carbonyl (C=O) groups is 2. The summed E-state index contributed by atoms with van der Waals surface area (Å²) < 4.78 is 24.5. The summed E-state index contributed by atoms with van der Waals surface area (Å²) in [5.74, 6) is -0.0785. The lowest BCUT2D eigenvalue weighted by atomic mass is 10.0. The summed E-state index contributed by atoms with van der Waals surface area (Å²) in [5.41, 5.74) is 3.07. The van der Waals surface area contributed by atoms with Crippen molar-refractivity contribution < 1.29 is 18.0 Å². The first kappa shape index (κ1) is 18.7. The Kier molecular flexibility index (Phi) is 5.22. The highest BCUT2D eigenvalue weighted by molar-refractivity contribution is 7.92. The largest absolute Gasteiger partial charge is 0.332 e. The molecule has 2 saturated heterocycles. The first-order chi connectivity index (χ1) is 12.3. The summed E-state index contributed by atoms with van der Waals surface area (Å²) in [6.45, 7) is 4.02. The van der Waals surface area contributed by atoms with E-state index < -0.39 is 15.1 Å². The van der Waals surface area contributed by atoms with Crippen LogP contribution in [0.15, 0.2) is 18.2 Å². The third-order valence-corrected chi connectivity index (χ3v) is 7.53. The first-order valence-corrected chi connectivity index (χ1v) is 10.6. The molecule has 0 radical (unpaired) electrons. The standard InChI is InChI=1S/C18H25N3O4S/c1-11-7-8-13(9-12(11)2)19-16(22)6-4-3-5-15-17-14(10-26(15,24)25)20-18(23)21-17/h7-9,14-15,17H,3-6,10H2,1-2H3,(H,19,22)(H2,20,21,23). The molecule has 7 nitrogen and oxygen atoms in total. The van der Waals surface area contributed by atoms with Gasteiger partial charge in [0.05, 0.1) is 23.1 Å². The van der Waals surface area contributed by atoms with Crippen molar-refractivity contribution in [2.45, 2.75) is 56.9 Å². The Morgan fingerprint density at radius 2 is 1.96 bits per heavy atom. The molecular weight excluding hydrogens is 354 g/mol. The normalized spacial score (nSPS) is 26.1. The van der Waals surface area contributed by atoms with Crippen LogP contribution in [-0.2, 0) is 14.6 Å². The number of fused-ring (bicyclic) bond motifs is 1. The minimum atomic E-state index is -3.21. The first-order valence-electron chi connectivity index (χ1n) is 8.92. The zero-order valence-corrected chi connectivity index (χ0v) is 15.9. The van der Waals surface area contributed by atoms with Crippen LogP contribution < -0.4 is 16.0 Å². The number of nitrogens with one attached hydrogen (secondary N) is 3. The predicted octanol–water partition coefficient (Wildman–Crippen LogP) is 1.65. The quantitative estimate of drug-likeness (QED) is 0.516. The number of amides is 3. The summed E-state index contributed by atoms with van der Waals surface area (Å²) in [6, 6.07) is 4.81. The molecule has 8 heteroatoms. The highest BCUT2D eigenvalue weighted by Crippen LogP contribution is 2.28. The van der Waals surface area contributed by atoms with Crippen molar-refractivity contribution in [1.29, 1.82) is 0 Å². The smallest absolute Gasteiger partial charge is 0.315 e. The van der Waals surface area contributed by atoms with Crippen LogP contribution in [-0.4, -0.2) is 43.4 Å². The highest BCUT2D eigenvalue weighted by Gasteiger charge is 2.51. The molecule has 2 aliphatic heterocycles. The van der Waals surface area contributed by atoms with Gasteiger partial charge in [0.15, 0.2) is 9.84 Å². The molecule has 0 saturated carbocycles. The second kappa shape index (κ2) is 7.26. The number of carbonyl (C=O) groups excluding carboxylic acids is 2. The fourth-order valence-electron chi connectivity index (χ4n) is 3.68. The van der Waals surface area contributed by atoms with E-state index in [0.717, 1.165) is 11.3 Å². The number of sulfone groups is 1. The SMILES string of the molecule is Cc1ccc(NC(=O)CCCCC2C3NC(=O)NC3CS2(=O)=O)cc1C. The van der Waals surface area contributed by atoms with Crippen molar-refractivity contribution in [2.24, 2.45) is 0 Å². The Morgan fingerprint density at radius 1 is 1.19 bits per heavy atom. The Hall–Kier alpha value is -2.09. The monoisotopic (exact) mass is 379 g/mol. The Balaban J connectivity index is 1.45. The average Bonchev–Trinajstić information content (AvgIpc) is 2.99. The number of benzene rings is 1. The Morgan fingerprint density at radius 3 is 2.69 bits per heavy atom. The third-order valence-electron chi connectivity index (χ3n) is 5.25. The van der Waals surface area contributed by atoms with Gasteiger partial charge in [-0.05, 0) is 49.9 Å². The molecule has 3 rings (SSSR count). The minimum Gasteiger partial charge on any atom is -0.332 e. The molecule has 0 bridgehead atoms. The molecule has 0 aromatic heterocycles. The Labute approximate surface area is 153 Å². The van der Waals surface area contributed by atoms with Crippen molar-refractivity contribution in [3.63, 3.8) is 0 Å². The van der Waals surface area contributed by atoms with Crippen LogP contribution in [0.1, 0.15) is 36.8 Å². The molecular formula is C18H25N3O4S. The van der Waals surface area contributed by atoms with Crippen molar-refractivity contribution in [1.82, 2.24) is 10.6 Å². The van der Waals surface area contributed by atoms with E-state index >= 15 is 0 Å². The van der Waals surface area contributed by atoms with E-state index in [9.17, 15) is 18.0 Å². The van der Waals surface area contributed by atoms with E-state index in [2.05, 4.69) is 16.0 Å². The number of anilines is 1. The van der Waals surface area contributed by atoms with Gasteiger partial charge < -0.3 is 16.0 Å².